The highest BCUT2D eigenvalue weighted by molar-refractivity contribution is 6.04. The molecule has 0 saturated carbocycles. The monoisotopic (exact) mass is 331 g/mol. The van der Waals surface area contributed by atoms with Crippen LogP contribution in [0.4, 0.5) is 0 Å². The van der Waals surface area contributed by atoms with Crippen LogP contribution in [0.3, 0.4) is 0 Å². The zero-order valence-corrected chi connectivity index (χ0v) is 14.9. The molecule has 0 aromatic carbocycles. The van der Waals surface area contributed by atoms with Crippen molar-refractivity contribution < 1.29 is 14.4 Å². The van der Waals surface area contributed by atoms with E-state index in [9.17, 15) is 14.4 Å². The summed E-state index contributed by atoms with van der Waals surface area (Å²) >= 11 is 0. The van der Waals surface area contributed by atoms with Crippen molar-refractivity contribution >= 4 is 17.6 Å². The molecule has 6 heteroatoms. The Kier molecular flexibility index (Phi) is 4.01. The number of carbonyl (C=O) groups excluding carboxylic acids is 3. The number of H-pyrrole nitrogens is 1. The predicted octanol–water partition coefficient (Wildman–Crippen LogP) is 1.78. The molecule has 2 amide bonds. The fourth-order valence-corrected chi connectivity index (χ4v) is 3.83. The Balaban J connectivity index is 1.83. The van der Waals surface area contributed by atoms with E-state index >= 15 is 0 Å². The van der Waals surface area contributed by atoms with Crippen molar-refractivity contribution in [2.24, 2.45) is 5.41 Å². The second-order valence-corrected chi connectivity index (χ2v) is 7.72. The van der Waals surface area contributed by atoms with Crippen LogP contribution in [0.15, 0.2) is 0 Å². The van der Waals surface area contributed by atoms with Crippen LogP contribution in [0.5, 0.6) is 0 Å². The van der Waals surface area contributed by atoms with Gasteiger partial charge in [-0.2, -0.15) is 0 Å². The standard InChI is InChI=1S/C18H25N3O3/c1-11-15-13(9-18(3,4)10-14(15)23)19-16(11)17(24)21-7-5-20(6-8-21)12(2)22/h19H,5-10H2,1-4H3. The van der Waals surface area contributed by atoms with Crippen LogP contribution in [0.1, 0.15) is 59.3 Å². The van der Waals surface area contributed by atoms with E-state index in [1.807, 2.05) is 6.92 Å². The molecule has 130 valence electrons. The number of fused-ring (bicyclic) bond motifs is 1. The molecule has 2 heterocycles. The molecule has 1 fully saturated rings. The minimum absolute atomic E-state index is 0.0430. The summed E-state index contributed by atoms with van der Waals surface area (Å²) in [5.74, 6) is 0.0904. The molecular formula is C18H25N3O3. The van der Waals surface area contributed by atoms with Crippen LogP contribution in [-0.4, -0.2) is 58.6 Å². The molecule has 3 rings (SSSR count). The van der Waals surface area contributed by atoms with E-state index in [-0.39, 0.29) is 23.0 Å². The third-order valence-corrected chi connectivity index (χ3v) is 5.13. The topological polar surface area (TPSA) is 73.5 Å². The average molecular weight is 331 g/mol. The number of carbonyl (C=O) groups is 3. The lowest BCUT2D eigenvalue weighted by Gasteiger charge is -2.34. The third kappa shape index (κ3) is 2.85. The van der Waals surface area contributed by atoms with Gasteiger partial charge in [-0.3, -0.25) is 14.4 Å². The summed E-state index contributed by atoms with van der Waals surface area (Å²) in [6.45, 7) is 9.73. The normalized spacial score (nSPS) is 20.1. The lowest BCUT2D eigenvalue weighted by atomic mass is 9.75. The van der Waals surface area contributed by atoms with Crippen LogP contribution < -0.4 is 0 Å². The summed E-state index contributed by atoms with van der Waals surface area (Å²) in [5.41, 5.74) is 2.82. The molecule has 1 aromatic heterocycles. The number of rotatable bonds is 1. The van der Waals surface area contributed by atoms with E-state index in [2.05, 4.69) is 18.8 Å². The van der Waals surface area contributed by atoms with Gasteiger partial charge in [-0.05, 0) is 24.3 Å². The van der Waals surface area contributed by atoms with E-state index in [0.29, 0.717) is 43.9 Å². The first-order valence-corrected chi connectivity index (χ1v) is 8.49. The molecule has 1 saturated heterocycles. The molecule has 6 nitrogen and oxygen atoms in total. The largest absolute Gasteiger partial charge is 0.354 e. The van der Waals surface area contributed by atoms with E-state index in [0.717, 1.165) is 17.7 Å². The van der Waals surface area contributed by atoms with E-state index in [4.69, 9.17) is 0 Å². The highest BCUT2D eigenvalue weighted by Crippen LogP contribution is 2.36. The first kappa shape index (κ1) is 16.7. The van der Waals surface area contributed by atoms with E-state index in [1.165, 1.54) is 0 Å². The van der Waals surface area contributed by atoms with Gasteiger partial charge >= 0.3 is 0 Å². The summed E-state index contributed by atoms with van der Waals surface area (Å²) in [4.78, 5) is 43.5. The summed E-state index contributed by atoms with van der Waals surface area (Å²) in [6, 6.07) is 0. The Hall–Kier alpha value is -2.11. The highest BCUT2D eigenvalue weighted by atomic mass is 16.2. The number of aromatic amines is 1. The highest BCUT2D eigenvalue weighted by Gasteiger charge is 2.36. The predicted molar refractivity (Wildman–Crippen MR) is 90.1 cm³/mol. The van der Waals surface area contributed by atoms with Crippen molar-refractivity contribution in [3.8, 4) is 0 Å². The Labute approximate surface area is 142 Å². The van der Waals surface area contributed by atoms with Gasteiger partial charge in [-0.25, -0.2) is 0 Å². The maximum atomic E-state index is 12.9. The maximum absolute atomic E-state index is 12.9. The number of Topliss-reactive ketones (excluding diaryl/α,β-unsaturated/α-hetero) is 1. The van der Waals surface area contributed by atoms with Crippen molar-refractivity contribution in [1.82, 2.24) is 14.8 Å². The van der Waals surface area contributed by atoms with Gasteiger partial charge in [0.1, 0.15) is 5.69 Å². The Morgan fingerprint density at radius 3 is 2.21 bits per heavy atom. The molecule has 1 N–H and O–H groups in total. The fourth-order valence-electron chi connectivity index (χ4n) is 3.83. The molecule has 1 aliphatic carbocycles. The van der Waals surface area contributed by atoms with Crippen molar-refractivity contribution in [3.05, 3.63) is 22.5 Å². The Morgan fingerprint density at radius 1 is 1.04 bits per heavy atom. The molecule has 0 unspecified atom stereocenters. The van der Waals surface area contributed by atoms with Gasteiger partial charge in [0, 0.05) is 50.8 Å². The zero-order chi connectivity index (χ0) is 17.6. The zero-order valence-electron chi connectivity index (χ0n) is 14.9. The fraction of sp³-hybridized carbons (Fsp3) is 0.611. The summed E-state index contributed by atoms with van der Waals surface area (Å²) in [5, 5.41) is 0. The summed E-state index contributed by atoms with van der Waals surface area (Å²) in [6.07, 6.45) is 1.30. The van der Waals surface area contributed by atoms with Gasteiger partial charge in [0.05, 0.1) is 0 Å². The minimum Gasteiger partial charge on any atom is -0.354 e. The Morgan fingerprint density at radius 2 is 1.62 bits per heavy atom. The Bertz CT molecular complexity index is 709. The van der Waals surface area contributed by atoms with Crippen molar-refractivity contribution in [3.63, 3.8) is 0 Å². The van der Waals surface area contributed by atoms with Crippen LogP contribution in [0.2, 0.25) is 0 Å². The smallest absolute Gasteiger partial charge is 0.270 e. The van der Waals surface area contributed by atoms with Crippen LogP contribution in [-0.2, 0) is 11.2 Å². The minimum atomic E-state index is -0.0746. The van der Waals surface area contributed by atoms with Crippen molar-refractivity contribution in [2.75, 3.05) is 26.2 Å². The van der Waals surface area contributed by atoms with E-state index < -0.39 is 0 Å². The molecule has 1 aliphatic heterocycles. The molecule has 0 radical (unpaired) electrons. The number of hydrogen-bond acceptors (Lipinski definition) is 3. The van der Waals surface area contributed by atoms with Gasteiger partial charge < -0.3 is 14.8 Å². The lowest BCUT2D eigenvalue weighted by Crippen LogP contribution is -2.50. The van der Waals surface area contributed by atoms with Gasteiger partial charge in [0.25, 0.3) is 5.91 Å². The number of nitrogens with zero attached hydrogens (tertiary/aromatic N) is 2. The van der Waals surface area contributed by atoms with Crippen LogP contribution in [0.25, 0.3) is 0 Å². The first-order valence-electron chi connectivity index (χ1n) is 8.49. The van der Waals surface area contributed by atoms with Gasteiger partial charge in [-0.1, -0.05) is 13.8 Å². The van der Waals surface area contributed by atoms with E-state index in [1.54, 1.807) is 16.7 Å². The quantitative estimate of drug-likeness (QED) is 0.852. The third-order valence-electron chi connectivity index (χ3n) is 5.13. The number of nitrogens with one attached hydrogen (secondary N) is 1. The summed E-state index contributed by atoms with van der Waals surface area (Å²) < 4.78 is 0. The molecular weight excluding hydrogens is 306 g/mol. The SMILES string of the molecule is CC(=O)N1CCN(C(=O)c2[nH]c3c(c2C)C(=O)CC(C)(C)C3)CC1. The number of ketones is 1. The second-order valence-electron chi connectivity index (χ2n) is 7.72. The van der Waals surface area contributed by atoms with Crippen LogP contribution >= 0.6 is 0 Å². The molecule has 1 aromatic rings. The van der Waals surface area contributed by atoms with Gasteiger partial charge in [0.15, 0.2) is 5.78 Å². The lowest BCUT2D eigenvalue weighted by molar-refractivity contribution is -0.130. The number of amides is 2. The number of hydrogen-bond donors (Lipinski definition) is 1. The summed E-state index contributed by atoms with van der Waals surface area (Å²) in [7, 11) is 0. The van der Waals surface area contributed by atoms with Gasteiger partial charge in [-0.15, -0.1) is 0 Å². The van der Waals surface area contributed by atoms with Crippen molar-refractivity contribution in [2.45, 2.75) is 40.5 Å². The average Bonchev–Trinajstić information content (AvgIpc) is 2.82. The van der Waals surface area contributed by atoms with Crippen molar-refractivity contribution in [1.29, 1.82) is 0 Å². The maximum Gasteiger partial charge on any atom is 0.270 e. The molecule has 24 heavy (non-hydrogen) atoms. The molecule has 0 atom stereocenters. The first-order chi connectivity index (χ1) is 11.2. The number of aromatic nitrogens is 1. The van der Waals surface area contributed by atoms with Gasteiger partial charge in [0.2, 0.25) is 5.91 Å². The van der Waals surface area contributed by atoms with Crippen LogP contribution in [0, 0.1) is 12.3 Å². The molecule has 0 bridgehead atoms. The molecule has 2 aliphatic rings. The molecule has 0 spiro atoms. The number of piperazine rings is 1. The second kappa shape index (κ2) is 5.76.